The predicted molar refractivity (Wildman–Crippen MR) is 88.9 cm³/mol. The molecule has 1 atom stereocenters. The van der Waals surface area contributed by atoms with E-state index in [4.69, 9.17) is 0 Å². The van der Waals surface area contributed by atoms with Gasteiger partial charge < -0.3 is 39.6 Å². The molecule has 0 aliphatic rings. The molecule has 0 aliphatic carbocycles. The van der Waals surface area contributed by atoms with Gasteiger partial charge in [0.25, 0.3) is 0 Å². The molecule has 0 saturated carbocycles. The van der Waals surface area contributed by atoms with E-state index in [9.17, 15) is 39.6 Å². The largest absolute Gasteiger partial charge is 3.00 e. The smallest absolute Gasteiger partial charge is 0.549 e. The van der Waals surface area contributed by atoms with E-state index in [0.29, 0.717) is 13.1 Å². The third-order valence-corrected chi connectivity index (χ3v) is 4.15. The SMILES string of the molecule is CCCC(C)N(CCN(CC(=O)[O-])CC(=O)[O-])CCN(CC(=O)[O-])CC(=O)[O-].[Gd+3]. The third kappa shape index (κ3) is 16.6. The van der Waals surface area contributed by atoms with Crippen LogP contribution in [0.1, 0.15) is 26.7 Å². The minimum absolute atomic E-state index is 0. The molecular weight excluding hydrogens is 531 g/mol. The molecule has 0 amide bonds. The minimum atomic E-state index is -1.41. The van der Waals surface area contributed by atoms with Crippen LogP contribution >= 0.6 is 0 Å². The Bertz CT molecular complexity index is 463. The van der Waals surface area contributed by atoms with Crippen molar-refractivity contribution in [2.75, 3.05) is 52.4 Å². The number of carboxylic acids is 4. The van der Waals surface area contributed by atoms with Gasteiger partial charge in [-0.1, -0.05) is 13.3 Å². The van der Waals surface area contributed by atoms with Crippen LogP contribution in [0.3, 0.4) is 0 Å². The van der Waals surface area contributed by atoms with Crippen LogP contribution in [0.15, 0.2) is 0 Å². The normalized spacial score (nSPS) is 12.0. The van der Waals surface area contributed by atoms with E-state index in [-0.39, 0.29) is 59.1 Å². The molecule has 0 rings (SSSR count). The van der Waals surface area contributed by atoms with Crippen molar-refractivity contribution in [1.82, 2.24) is 14.7 Å². The molecule has 0 saturated heterocycles. The average Bonchev–Trinajstić information content (AvgIpc) is 2.52. The molecule has 0 N–H and O–H groups in total. The second-order valence-electron chi connectivity index (χ2n) is 6.58. The summed E-state index contributed by atoms with van der Waals surface area (Å²) in [6, 6.07) is 0.0329. The summed E-state index contributed by atoms with van der Waals surface area (Å²) in [6.45, 7) is 2.46. The number of aliphatic carboxylic acids is 4. The quantitative estimate of drug-likeness (QED) is 0.167. The molecule has 0 heterocycles. The topological polar surface area (TPSA) is 170 Å². The number of carbonyl (C=O) groups excluding carboxylic acids is 4. The van der Waals surface area contributed by atoms with Crippen LogP contribution < -0.4 is 20.4 Å². The molecule has 29 heavy (non-hydrogen) atoms. The van der Waals surface area contributed by atoms with E-state index in [1.54, 1.807) is 0 Å². The van der Waals surface area contributed by atoms with Gasteiger partial charge in [-0.05, 0) is 13.3 Å². The minimum Gasteiger partial charge on any atom is -0.549 e. The molecule has 0 spiro atoms. The zero-order valence-electron chi connectivity index (χ0n) is 16.6. The van der Waals surface area contributed by atoms with Crippen molar-refractivity contribution in [3.05, 3.63) is 0 Å². The Morgan fingerprint density at radius 3 is 1.24 bits per heavy atom. The van der Waals surface area contributed by atoms with E-state index >= 15 is 0 Å². The van der Waals surface area contributed by atoms with Gasteiger partial charge in [0.05, 0.1) is 23.9 Å². The molecule has 1 radical (unpaired) electrons. The van der Waals surface area contributed by atoms with E-state index in [2.05, 4.69) is 0 Å². The number of nitrogens with zero attached hydrogens (tertiary/aromatic N) is 3. The van der Waals surface area contributed by atoms with Gasteiger partial charge in [-0.3, -0.25) is 14.7 Å². The number of carboxylic acid groups (broad SMARTS) is 4. The van der Waals surface area contributed by atoms with E-state index in [1.807, 2.05) is 18.7 Å². The summed E-state index contributed by atoms with van der Waals surface area (Å²) in [6.07, 6.45) is 1.66. The molecule has 0 aromatic rings. The number of rotatable bonds is 17. The van der Waals surface area contributed by atoms with Crippen LogP contribution in [-0.2, 0) is 19.2 Å². The second-order valence-corrected chi connectivity index (χ2v) is 6.58. The van der Waals surface area contributed by atoms with E-state index in [1.165, 1.54) is 0 Å². The summed E-state index contributed by atoms with van der Waals surface area (Å²) in [7, 11) is 0. The second kappa shape index (κ2) is 16.8. The van der Waals surface area contributed by atoms with Gasteiger partial charge in [-0.15, -0.1) is 0 Å². The standard InChI is InChI=1S/C17H31N3O8.Gd/c1-3-4-13(2)20(7-5-18(9-14(21)22)10-15(23)24)8-6-19(11-16(25)26)12-17(27)28;/h13H,3-12H2,1-2H3,(H,21,22)(H,23,24)(H,25,26)(H,27,28);/q;+3/p-4. The van der Waals surface area contributed by atoms with Gasteiger partial charge in [0.15, 0.2) is 0 Å². The molecule has 0 aromatic heterocycles. The van der Waals surface area contributed by atoms with Crippen molar-refractivity contribution in [2.24, 2.45) is 0 Å². The van der Waals surface area contributed by atoms with E-state index in [0.717, 1.165) is 22.6 Å². The molecule has 0 aliphatic heterocycles. The maximum Gasteiger partial charge on any atom is 3.00 e. The first kappa shape index (κ1) is 30.3. The van der Waals surface area contributed by atoms with Crippen molar-refractivity contribution in [2.45, 2.75) is 32.7 Å². The number of hydrogen-bond acceptors (Lipinski definition) is 11. The van der Waals surface area contributed by atoms with Gasteiger partial charge in [0.2, 0.25) is 0 Å². The van der Waals surface area contributed by atoms with Crippen LogP contribution in [0, 0.1) is 39.9 Å². The number of carbonyl (C=O) groups is 4. The Morgan fingerprint density at radius 1 is 0.690 bits per heavy atom. The average molecular weight is 559 g/mol. The van der Waals surface area contributed by atoms with E-state index < -0.39 is 50.1 Å². The summed E-state index contributed by atoms with van der Waals surface area (Å²) in [5, 5.41) is 43.1. The number of hydrogen-bond donors (Lipinski definition) is 0. The molecule has 0 aromatic carbocycles. The Balaban J connectivity index is 0. The zero-order valence-corrected chi connectivity index (χ0v) is 18.9. The molecule has 167 valence electrons. The van der Waals surface area contributed by atoms with Crippen molar-refractivity contribution in [3.63, 3.8) is 0 Å². The van der Waals surface area contributed by atoms with Crippen molar-refractivity contribution < 1.29 is 79.5 Å². The summed E-state index contributed by atoms with van der Waals surface area (Å²) in [5.74, 6) is -5.65. The Morgan fingerprint density at radius 2 is 1.00 bits per heavy atom. The summed E-state index contributed by atoms with van der Waals surface area (Å²) < 4.78 is 0. The molecule has 11 nitrogen and oxygen atoms in total. The summed E-state index contributed by atoms with van der Waals surface area (Å²) >= 11 is 0. The van der Waals surface area contributed by atoms with Gasteiger partial charge in [0.1, 0.15) is 0 Å². The van der Waals surface area contributed by atoms with Crippen molar-refractivity contribution in [3.8, 4) is 0 Å². The van der Waals surface area contributed by atoms with Crippen LogP contribution in [0.25, 0.3) is 0 Å². The van der Waals surface area contributed by atoms with Crippen LogP contribution in [0.4, 0.5) is 0 Å². The fraction of sp³-hybridized carbons (Fsp3) is 0.765. The molecule has 1 unspecified atom stereocenters. The predicted octanol–water partition coefficient (Wildman–Crippen LogP) is -5.92. The monoisotopic (exact) mass is 559 g/mol. The molecule has 12 heteroatoms. The maximum atomic E-state index is 10.8. The molecule has 0 fully saturated rings. The first-order valence-electron chi connectivity index (χ1n) is 9.03. The fourth-order valence-corrected chi connectivity index (χ4v) is 2.85. The summed E-state index contributed by atoms with van der Waals surface area (Å²) in [4.78, 5) is 47.4. The third-order valence-electron chi connectivity index (χ3n) is 4.15. The van der Waals surface area contributed by atoms with Crippen LogP contribution in [0.5, 0.6) is 0 Å². The van der Waals surface area contributed by atoms with Gasteiger partial charge in [-0.25, -0.2) is 0 Å². The fourth-order valence-electron chi connectivity index (χ4n) is 2.85. The van der Waals surface area contributed by atoms with Gasteiger partial charge >= 0.3 is 39.9 Å². The Hall–Kier alpha value is -0.915. The Kier molecular flexibility index (Phi) is 17.6. The first-order chi connectivity index (χ1) is 13.0. The first-order valence-corrected chi connectivity index (χ1v) is 9.03. The van der Waals surface area contributed by atoms with Crippen molar-refractivity contribution in [1.29, 1.82) is 0 Å². The summed E-state index contributed by atoms with van der Waals surface area (Å²) in [5.41, 5.74) is 0. The maximum absolute atomic E-state index is 10.8. The zero-order chi connectivity index (χ0) is 21.7. The Labute approximate surface area is 202 Å². The van der Waals surface area contributed by atoms with Crippen molar-refractivity contribution >= 4 is 23.9 Å². The molecular formula is C17H27GdN3O8-. The van der Waals surface area contributed by atoms with Crippen LogP contribution in [-0.4, -0.2) is 97.0 Å². The van der Waals surface area contributed by atoms with Gasteiger partial charge in [0, 0.05) is 58.4 Å². The van der Waals surface area contributed by atoms with Crippen LogP contribution in [0.2, 0.25) is 0 Å². The molecule has 0 bridgehead atoms. The van der Waals surface area contributed by atoms with Gasteiger partial charge in [-0.2, -0.15) is 0 Å².